The monoisotopic (exact) mass is 658 g/mol. The van der Waals surface area contributed by atoms with Gasteiger partial charge in [-0.15, -0.1) is 0 Å². The first-order valence-corrected chi connectivity index (χ1v) is 15.3. The van der Waals surface area contributed by atoms with Crippen LogP contribution in [0.25, 0.3) is 0 Å². The smallest absolute Gasteiger partial charge is 0.0590 e. The fourth-order valence-electron chi connectivity index (χ4n) is 5.56. The minimum atomic E-state index is -1.57. The quantitative estimate of drug-likeness (QED) is 0.0997. The van der Waals surface area contributed by atoms with Crippen molar-refractivity contribution in [3.63, 3.8) is 0 Å². The Morgan fingerprint density at radius 3 is 0.917 bits per heavy atom. The van der Waals surface area contributed by atoms with Crippen LogP contribution in [0.4, 0.5) is 0 Å². The van der Waals surface area contributed by atoms with Crippen molar-refractivity contribution < 1.29 is 49.5 Å². The van der Waals surface area contributed by atoms with Gasteiger partial charge in [-0.25, -0.2) is 0 Å². The minimum absolute atomic E-state index is 0.0774. The molecule has 0 heterocycles. The van der Waals surface area contributed by atoms with Crippen LogP contribution in [0.1, 0.15) is 16.7 Å². The largest absolute Gasteiger partial charge is 0.549 e. The van der Waals surface area contributed by atoms with Gasteiger partial charge in [0.15, 0.2) is 0 Å². The Bertz CT molecular complexity index is 1410. The van der Waals surface area contributed by atoms with E-state index in [0.717, 1.165) is 9.80 Å². The molecule has 256 valence electrons. The molecule has 0 fully saturated rings. The Kier molecular flexibility index (Phi) is 14.7. The molecule has 0 radical (unpaired) electrons. The molecule has 0 aliphatic rings. The van der Waals surface area contributed by atoms with Gasteiger partial charge in [0, 0.05) is 39.3 Å². The predicted molar refractivity (Wildman–Crippen MR) is 162 cm³/mol. The lowest BCUT2D eigenvalue weighted by molar-refractivity contribution is -0.317. The maximum atomic E-state index is 12.6. The number of aliphatic carboxylic acids is 5. The second kappa shape index (κ2) is 18.9. The van der Waals surface area contributed by atoms with Crippen LogP contribution in [0.15, 0.2) is 91.0 Å². The lowest BCUT2D eigenvalue weighted by Crippen LogP contribution is -2.58. The van der Waals surface area contributed by atoms with Crippen molar-refractivity contribution in [1.29, 1.82) is 0 Å². The topological polar surface area (TPSA) is 210 Å². The third-order valence-electron chi connectivity index (χ3n) is 7.97. The zero-order chi connectivity index (χ0) is 35.1. The number of hydrogen-bond acceptors (Lipinski definition) is 13. The highest BCUT2D eigenvalue weighted by Crippen LogP contribution is 2.15. The Hall–Kier alpha value is -5.11. The first kappa shape index (κ1) is 37.3. The van der Waals surface area contributed by atoms with Crippen LogP contribution >= 0.6 is 0 Å². The van der Waals surface area contributed by atoms with Gasteiger partial charge >= 0.3 is 0 Å². The Morgan fingerprint density at radius 1 is 0.417 bits per heavy atom. The van der Waals surface area contributed by atoms with E-state index in [9.17, 15) is 49.5 Å². The van der Waals surface area contributed by atoms with Gasteiger partial charge in [-0.2, -0.15) is 0 Å². The molecule has 3 atom stereocenters. The molecule has 3 rings (SSSR count). The maximum Gasteiger partial charge on any atom is 0.0590 e. The summed E-state index contributed by atoms with van der Waals surface area (Å²) in [6.07, 6.45) is -0.306. The van der Waals surface area contributed by atoms with Gasteiger partial charge in [-0.3, -0.25) is 14.7 Å². The van der Waals surface area contributed by atoms with Gasteiger partial charge in [-0.05, 0) is 36.0 Å². The highest BCUT2D eigenvalue weighted by molar-refractivity contribution is 5.75. The maximum absolute atomic E-state index is 12.6. The van der Waals surface area contributed by atoms with Gasteiger partial charge < -0.3 is 49.5 Å². The van der Waals surface area contributed by atoms with Gasteiger partial charge in [0.05, 0.1) is 48.0 Å². The predicted octanol–water partition coefficient (Wildman–Crippen LogP) is -4.52. The molecule has 3 aromatic carbocycles. The molecular formula is C35H36N3O10-5. The van der Waals surface area contributed by atoms with E-state index >= 15 is 0 Å². The number of hydrogen-bond donors (Lipinski definition) is 0. The molecule has 0 saturated carbocycles. The van der Waals surface area contributed by atoms with Crippen molar-refractivity contribution in [2.75, 3.05) is 39.3 Å². The number of rotatable bonds is 22. The second-order valence-corrected chi connectivity index (χ2v) is 11.3. The normalized spacial score (nSPS) is 13.2. The highest BCUT2D eigenvalue weighted by atomic mass is 16.4. The minimum Gasteiger partial charge on any atom is -0.549 e. The molecule has 3 aromatic rings. The molecule has 48 heavy (non-hydrogen) atoms. The molecule has 3 unspecified atom stereocenters. The van der Waals surface area contributed by atoms with Crippen molar-refractivity contribution >= 4 is 29.8 Å². The Labute approximate surface area is 278 Å². The fourth-order valence-corrected chi connectivity index (χ4v) is 5.56. The van der Waals surface area contributed by atoms with Crippen LogP contribution in [-0.2, 0) is 43.2 Å². The van der Waals surface area contributed by atoms with Crippen LogP contribution in [0, 0.1) is 0 Å². The van der Waals surface area contributed by atoms with Gasteiger partial charge in [-0.1, -0.05) is 91.0 Å². The summed E-state index contributed by atoms with van der Waals surface area (Å²) in [5.41, 5.74) is 1.80. The zero-order valence-corrected chi connectivity index (χ0v) is 26.2. The SMILES string of the molecule is O=C([O-])CN(CCN(CCN(CC(=O)[O-])C(Cc1ccccc1)C(=O)[O-])C(Cc1ccccc1)C(=O)[O-])C(Cc1ccccc1)C(=O)[O-]. The molecular weight excluding hydrogens is 622 g/mol. The van der Waals surface area contributed by atoms with Gasteiger partial charge in [0.2, 0.25) is 0 Å². The summed E-state index contributed by atoms with van der Waals surface area (Å²) in [6, 6.07) is 21.2. The van der Waals surface area contributed by atoms with E-state index in [0.29, 0.717) is 16.7 Å². The Balaban J connectivity index is 1.93. The summed E-state index contributed by atoms with van der Waals surface area (Å²) in [6.45, 7) is -2.65. The van der Waals surface area contributed by atoms with E-state index in [1.165, 1.54) is 4.90 Å². The van der Waals surface area contributed by atoms with Crippen molar-refractivity contribution in [3.8, 4) is 0 Å². The summed E-state index contributed by atoms with van der Waals surface area (Å²) in [5, 5.41) is 60.5. The van der Waals surface area contributed by atoms with Crippen molar-refractivity contribution in [1.82, 2.24) is 14.7 Å². The summed E-state index contributed by atoms with van der Waals surface area (Å²) >= 11 is 0. The summed E-state index contributed by atoms with van der Waals surface area (Å²) in [7, 11) is 0. The number of benzene rings is 3. The third-order valence-corrected chi connectivity index (χ3v) is 7.97. The van der Waals surface area contributed by atoms with Crippen LogP contribution < -0.4 is 25.5 Å². The van der Waals surface area contributed by atoms with Crippen molar-refractivity contribution in [2.24, 2.45) is 0 Å². The molecule has 0 bridgehead atoms. The second-order valence-electron chi connectivity index (χ2n) is 11.3. The Morgan fingerprint density at radius 2 is 0.667 bits per heavy atom. The average Bonchev–Trinajstić information content (AvgIpc) is 3.05. The average molecular weight is 659 g/mol. The van der Waals surface area contributed by atoms with E-state index < -0.39 is 61.1 Å². The lowest BCUT2D eigenvalue weighted by Gasteiger charge is -2.39. The van der Waals surface area contributed by atoms with Crippen LogP contribution in [0.3, 0.4) is 0 Å². The van der Waals surface area contributed by atoms with Gasteiger partial charge in [0.25, 0.3) is 0 Å². The molecule has 0 spiro atoms. The van der Waals surface area contributed by atoms with Crippen molar-refractivity contribution in [2.45, 2.75) is 37.4 Å². The molecule has 0 aliphatic carbocycles. The summed E-state index contributed by atoms with van der Waals surface area (Å²) < 4.78 is 0. The van der Waals surface area contributed by atoms with Gasteiger partial charge in [0.1, 0.15) is 0 Å². The zero-order valence-electron chi connectivity index (χ0n) is 26.2. The van der Waals surface area contributed by atoms with Crippen molar-refractivity contribution in [3.05, 3.63) is 108 Å². The molecule has 0 saturated heterocycles. The third kappa shape index (κ3) is 12.2. The molecule has 13 heteroatoms. The first-order chi connectivity index (χ1) is 22.9. The number of carboxylic acid groups (broad SMARTS) is 5. The number of nitrogens with zero attached hydrogens (tertiary/aromatic N) is 3. The van der Waals surface area contributed by atoms with Crippen LogP contribution in [-0.4, -0.2) is 102 Å². The van der Waals surface area contributed by atoms with E-state index in [4.69, 9.17) is 0 Å². The van der Waals surface area contributed by atoms with E-state index in [2.05, 4.69) is 0 Å². The molecule has 0 N–H and O–H groups in total. The molecule has 0 aromatic heterocycles. The molecule has 13 nitrogen and oxygen atoms in total. The van der Waals surface area contributed by atoms with E-state index in [1.54, 1.807) is 91.0 Å². The summed E-state index contributed by atoms with van der Waals surface area (Å²) in [5.74, 6) is -7.74. The first-order valence-electron chi connectivity index (χ1n) is 15.3. The van der Waals surface area contributed by atoms with E-state index in [1.807, 2.05) is 0 Å². The van der Waals surface area contributed by atoms with E-state index in [-0.39, 0.29) is 45.4 Å². The highest BCUT2D eigenvalue weighted by Gasteiger charge is 2.27. The summed E-state index contributed by atoms with van der Waals surface area (Å²) in [4.78, 5) is 64.0. The number of carboxylic acids is 5. The van der Waals surface area contributed by atoms with Crippen LogP contribution in [0.5, 0.6) is 0 Å². The number of carbonyl (C=O) groups is 5. The molecule has 0 aliphatic heterocycles. The fraction of sp³-hybridized carbons (Fsp3) is 0.343. The lowest BCUT2D eigenvalue weighted by atomic mass is 10.0. The standard InChI is InChI=1S/C35H41N3O10/c39-31(40)23-37(29(34(45)46)21-26-12-6-2-7-13-26)18-16-36(28(33(43)44)20-25-10-4-1-5-11-25)17-19-38(24-32(41)42)30(35(47)48)22-27-14-8-3-9-15-27/h1-15,28-30H,16-24H2,(H,39,40)(H,41,42)(H,43,44)(H,45,46)(H,47,48)/p-5. The van der Waals surface area contributed by atoms with Crippen LogP contribution in [0.2, 0.25) is 0 Å². The molecule has 0 amide bonds. The number of carbonyl (C=O) groups excluding carboxylic acids is 5.